The second kappa shape index (κ2) is 8.49. The quantitative estimate of drug-likeness (QED) is 0.604. The Morgan fingerprint density at radius 2 is 1.92 bits per heavy atom. The van der Waals surface area contributed by atoms with Crippen molar-refractivity contribution < 1.29 is 9.66 Å². The van der Waals surface area contributed by atoms with Gasteiger partial charge < -0.3 is 15.0 Å². The molecule has 2 aromatic carbocycles. The van der Waals surface area contributed by atoms with E-state index in [-0.39, 0.29) is 11.4 Å². The van der Waals surface area contributed by atoms with Crippen LogP contribution in [0.15, 0.2) is 42.5 Å². The number of piperidine rings is 1. The van der Waals surface area contributed by atoms with Crippen molar-refractivity contribution >= 4 is 17.3 Å². The van der Waals surface area contributed by atoms with Crippen LogP contribution in [-0.2, 0) is 6.54 Å². The van der Waals surface area contributed by atoms with E-state index in [2.05, 4.69) is 17.3 Å². The summed E-state index contributed by atoms with van der Waals surface area (Å²) in [5, 5.41) is 15.0. The average Bonchev–Trinajstić information content (AvgIpc) is 2.64. The molecule has 138 valence electrons. The first-order chi connectivity index (χ1) is 12.5. The molecule has 0 saturated carbocycles. The maximum absolute atomic E-state index is 11.1. The third kappa shape index (κ3) is 4.94. The molecule has 6 nitrogen and oxygen atoms in total. The molecule has 2 aromatic rings. The number of benzene rings is 2. The van der Waals surface area contributed by atoms with Gasteiger partial charge in [0.25, 0.3) is 0 Å². The molecular formula is C19H22ClN3O3. The van der Waals surface area contributed by atoms with E-state index in [9.17, 15) is 10.1 Å². The summed E-state index contributed by atoms with van der Waals surface area (Å²) in [6, 6.07) is 12.5. The van der Waals surface area contributed by atoms with Crippen LogP contribution in [0.5, 0.6) is 11.5 Å². The first-order valence-electron chi connectivity index (χ1n) is 8.64. The topological polar surface area (TPSA) is 67.6 Å². The predicted molar refractivity (Wildman–Crippen MR) is 102 cm³/mol. The molecule has 3 rings (SSSR count). The van der Waals surface area contributed by atoms with E-state index in [0.717, 1.165) is 38.0 Å². The zero-order valence-corrected chi connectivity index (χ0v) is 15.4. The van der Waals surface area contributed by atoms with Crippen molar-refractivity contribution in [2.75, 3.05) is 20.1 Å². The summed E-state index contributed by atoms with van der Waals surface area (Å²) in [6.07, 6.45) is 2.33. The Balaban J connectivity index is 1.59. The zero-order valence-electron chi connectivity index (χ0n) is 14.7. The Labute approximate surface area is 157 Å². The van der Waals surface area contributed by atoms with Gasteiger partial charge in [-0.05, 0) is 62.8 Å². The molecule has 26 heavy (non-hydrogen) atoms. The third-order valence-corrected chi connectivity index (χ3v) is 4.82. The summed E-state index contributed by atoms with van der Waals surface area (Å²) in [6.45, 7) is 3.06. The molecule has 1 aliphatic heterocycles. The van der Waals surface area contributed by atoms with Crippen molar-refractivity contribution in [1.29, 1.82) is 0 Å². The van der Waals surface area contributed by atoms with Gasteiger partial charge in [0, 0.05) is 23.7 Å². The first kappa shape index (κ1) is 18.6. The van der Waals surface area contributed by atoms with Crippen molar-refractivity contribution in [2.45, 2.75) is 25.4 Å². The van der Waals surface area contributed by atoms with E-state index in [1.165, 1.54) is 12.1 Å². The fourth-order valence-corrected chi connectivity index (χ4v) is 3.16. The Morgan fingerprint density at radius 1 is 1.23 bits per heavy atom. The molecule has 0 atom stereocenters. The lowest BCUT2D eigenvalue weighted by Crippen LogP contribution is -2.40. The first-order valence-corrected chi connectivity index (χ1v) is 9.02. The minimum atomic E-state index is -0.499. The second-order valence-corrected chi connectivity index (χ2v) is 7.01. The summed E-state index contributed by atoms with van der Waals surface area (Å²) < 4.78 is 5.66. The van der Waals surface area contributed by atoms with E-state index < -0.39 is 4.92 Å². The average molecular weight is 376 g/mol. The molecule has 1 N–H and O–H groups in total. The minimum Gasteiger partial charge on any atom is -0.450 e. The molecule has 1 saturated heterocycles. The highest BCUT2D eigenvalue weighted by molar-refractivity contribution is 6.30. The van der Waals surface area contributed by atoms with Crippen LogP contribution in [0.1, 0.15) is 18.4 Å². The maximum atomic E-state index is 11.1. The number of hydrogen-bond acceptors (Lipinski definition) is 5. The molecule has 0 spiro atoms. The van der Waals surface area contributed by atoms with Crippen LogP contribution in [0.2, 0.25) is 5.02 Å². The summed E-state index contributed by atoms with van der Waals surface area (Å²) in [4.78, 5) is 13.0. The lowest BCUT2D eigenvalue weighted by atomic mass is 10.1. The van der Waals surface area contributed by atoms with Gasteiger partial charge in [0.05, 0.1) is 4.92 Å². The van der Waals surface area contributed by atoms with E-state index >= 15 is 0 Å². The summed E-state index contributed by atoms with van der Waals surface area (Å²) in [5.74, 6) is 0.732. The summed E-state index contributed by atoms with van der Waals surface area (Å²) >= 11 is 5.82. The van der Waals surface area contributed by atoms with Crippen LogP contribution in [0.3, 0.4) is 0 Å². The Kier molecular flexibility index (Phi) is 6.08. The van der Waals surface area contributed by atoms with E-state index in [0.29, 0.717) is 16.8 Å². The lowest BCUT2D eigenvalue weighted by Gasteiger charge is -2.29. The fraction of sp³-hybridized carbons (Fsp3) is 0.368. The van der Waals surface area contributed by atoms with Gasteiger partial charge in [-0.2, -0.15) is 0 Å². The van der Waals surface area contributed by atoms with Gasteiger partial charge in [0.1, 0.15) is 5.75 Å². The molecular weight excluding hydrogens is 354 g/mol. The van der Waals surface area contributed by atoms with Crippen molar-refractivity contribution in [3.8, 4) is 11.5 Å². The molecule has 7 heteroatoms. The molecule has 0 aromatic heterocycles. The largest absolute Gasteiger partial charge is 0.450 e. The molecule has 1 aliphatic rings. The van der Waals surface area contributed by atoms with Gasteiger partial charge in [0.15, 0.2) is 0 Å². The van der Waals surface area contributed by atoms with Gasteiger partial charge in [-0.1, -0.05) is 23.7 Å². The van der Waals surface area contributed by atoms with Crippen molar-refractivity contribution in [2.24, 2.45) is 0 Å². The number of nitrogens with zero attached hydrogens (tertiary/aromatic N) is 2. The van der Waals surface area contributed by atoms with Crippen molar-refractivity contribution in [3.05, 3.63) is 63.2 Å². The molecule has 0 aliphatic carbocycles. The molecule has 0 bridgehead atoms. The number of ether oxygens (including phenoxy) is 1. The molecule has 0 radical (unpaired) electrons. The fourth-order valence-electron chi connectivity index (χ4n) is 3.00. The van der Waals surface area contributed by atoms with Crippen LogP contribution in [-0.4, -0.2) is 36.0 Å². The molecule has 0 amide bonds. The monoisotopic (exact) mass is 375 g/mol. The van der Waals surface area contributed by atoms with Crippen molar-refractivity contribution in [3.63, 3.8) is 0 Å². The lowest BCUT2D eigenvalue weighted by molar-refractivity contribution is -0.385. The number of halogens is 1. The molecule has 1 fully saturated rings. The highest BCUT2D eigenvalue weighted by Gasteiger charge is 2.17. The Morgan fingerprint density at radius 3 is 2.58 bits per heavy atom. The van der Waals surface area contributed by atoms with Gasteiger partial charge in [-0.15, -0.1) is 0 Å². The Hall–Kier alpha value is -2.15. The van der Waals surface area contributed by atoms with Crippen LogP contribution in [0, 0.1) is 10.1 Å². The minimum absolute atomic E-state index is 0.148. The number of nitro benzene ring substituents is 1. The number of rotatable bonds is 6. The maximum Gasteiger partial charge on any atom is 0.313 e. The van der Waals surface area contributed by atoms with Gasteiger partial charge in [-0.3, -0.25) is 10.1 Å². The number of nitro groups is 1. The highest BCUT2D eigenvalue weighted by Crippen LogP contribution is 2.33. The number of likely N-dealkylation sites (tertiary alicyclic amines) is 1. The van der Waals surface area contributed by atoms with Crippen LogP contribution in [0.4, 0.5) is 5.69 Å². The standard InChI is InChI=1S/C19H22ClN3O3/c1-22-10-8-16(9-11-22)21-13-14-2-5-17(6-3-14)26-19-7-4-15(20)12-18(19)23(24)25/h2-7,12,16,21H,8-11,13H2,1H3. The highest BCUT2D eigenvalue weighted by atomic mass is 35.5. The van der Waals surface area contributed by atoms with Crippen LogP contribution >= 0.6 is 11.6 Å². The van der Waals surface area contributed by atoms with Gasteiger partial charge in [0.2, 0.25) is 5.75 Å². The van der Waals surface area contributed by atoms with Crippen LogP contribution in [0.25, 0.3) is 0 Å². The third-order valence-electron chi connectivity index (χ3n) is 4.58. The number of hydrogen-bond donors (Lipinski definition) is 1. The zero-order chi connectivity index (χ0) is 18.5. The van der Waals surface area contributed by atoms with E-state index in [1.807, 2.05) is 24.3 Å². The van der Waals surface area contributed by atoms with Gasteiger partial charge in [-0.25, -0.2) is 0 Å². The second-order valence-electron chi connectivity index (χ2n) is 6.57. The predicted octanol–water partition coefficient (Wildman–Crippen LogP) is 4.22. The SMILES string of the molecule is CN1CCC(NCc2ccc(Oc3ccc(Cl)cc3[N+](=O)[O-])cc2)CC1. The van der Waals surface area contributed by atoms with E-state index in [4.69, 9.17) is 16.3 Å². The van der Waals surface area contributed by atoms with Crippen molar-refractivity contribution in [1.82, 2.24) is 10.2 Å². The smallest absolute Gasteiger partial charge is 0.313 e. The normalized spacial score (nSPS) is 15.8. The molecule has 0 unspecified atom stereocenters. The summed E-state index contributed by atoms with van der Waals surface area (Å²) in [5.41, 5.74) is 1.01. The summed E-state index contributed by atoms with van der Waals surface area (Å²) in [7, 11) is 2.15. The number of nitrogens with one attached hydrogen (secondary N) is 1. The molecule has 1 heterocycles. The van der Waals surface area contributed by atoms with Gasteiger partial charge >= 0.3 is 5.69 Å². The Bertz CT molecular complexity index is 759. The van der Waals surface area contributed by atoms with Crippen LogP contribution < -0.4 is 10.1 Å². The van der Waals surface area contributed by atoms with E-state index in [1.54, 1.807) is 6.07 Å².